The van der Waals surface area contributed by atoms with Gasteiger partial charge < -0.3 is 15.2 Å². The molecular weight excluding hydrogens is 404 g/mol. The van der Waals surface area contributed by atoms with Crippen LogP contribution in [0.5, 0.6) is 0 Å². The number of halogens is 1. The molecule has 1 aromatic heterocycles. The molecule has 10 heteroatoms. The fourth-order valence-electron chi connectivity index (χ4n) is 2.24. The van der Waals surface area contributed by atoms with E-state index >= 15 is 0 Å². The van der Waals surface area contributed by atoms with Crippen LogP contribution in [-0.2, 0) is 10.0 Å². The van der Waals surface area contributed by atoms with Crippen LogP contribution in [-0.4, -0.2) is 19.6 Å². The van der Waals surface area contributed by atoms with Gasteiger partial charge in [0, 0.05) is 22.0 Å². The summed E-state index contributed by atoms with van der Waals surface area (Å²) in [4.78, 5) is 12.0. The van der Waals surface area contributed by atoms with Crippen molar-refractivity contribution in [2.75, 3.05) is 15.4 Å². The molecule has 3 rings (SSSR count). The van der Waals surface area contributed by atoms with E-state index in [1.54, 1.807) is 38.1 Å². The Morgan fingerprint density at radius 2 is 1.50 bits per heavy atom. The molecule has 146 valence electrons. The summed E-state index contributed by atoms with van der Waals surface area (Å²) in [6.07, 6.45) is 0. The average molecular weight is 421 g/mol. The van der Waals surface area contributed by atoms with Crippen molar-refractivity contribution < 1.29 is 17.7 Å². The molecule has 2 amide bonds. The molecule has 0 aliphatic rings. The zero-order valence-corrected chi connectivity index (χ0v) is 16.6. The average Bonchev–Trinajstić information content (AvgIpc) is 2.96. The molecule has 28 heavy (non-hydrogen) atoms. The minimum absolute atomic E-state index is 0.0182. The predicted octanol–water partition coefficient (Wildman–Crippen LogP) is 4.39. The Bertz CT molecular complexity index is 1090. The number of hydrogen-bond donors (Lipinski definition) is 3. The first kappa shape index (κ1) is 19.7. The van der Waals surface area contributed by atoms with Crippen LogP contribution in [0, 0.1) is 13.8 Å². The number of hydrogen-bond acceptors (Lipinski definition) is 5. The van der Waals surface area contributed by atoms with Gasteiger partial charge in [-0.3, -0.25) is 0 Å². The van der Waals surface area contributed by atoms with E-state index in [1.165, 1.54) is 24.3 Å². The van der Waals surface area contributed by atoms with Crippen LogP contribution in [0.15, 0.2) is 57.9 Å². The smallest absolute Gasteiger partial charge is 0.323 e. The molecule has 0 aliphatic carbocycles. The maximum atomic E-state index is 12.5. The topological polar surface area (TPSA) is 113 Å². The van der Waals surface area contributed by atoms with Crippen LogP contribution in [0.2, 0.25) is 5.02 Å². The first-order valence-electron chi connectivity index (χ1n) is 8.14. The van der Waals surface area contributed by atoms with Crippen molar-refractivity contribution in [3.05, 3.63) is 64.8 Å². The lowest BCUT2D eigenvalue weighted by atomic mass is 10.3. The van der Waals surface area contributed by atoms with E-state index in [9.17, 15) is 13.2 Å². The fraction of sp³-hybridized carbons (Fsp3) is 0.111. The third-order valence-electron chi connectivity index (χ3n) is 3.91. The monoisotopic (exact) mass is 420 g/mol. The SMILES string of the molecule is Cc1noc(NS(=O)(=O)c2ccc(NC(=O)Nc3ccc(Cl)cc3)cc2)c1C. The second kappa shape index (κ2) is 7.91. The molecule has 0 saturated heterocycles. The Kier molecular flexibility index (Phi) is 5.57. The molecule has 0 atom stereocenters. The number of anilines is 3. The molecule has 1 heterocycles. The number of carbonyl (C=O) groups is 1. The standard InChI is InChI=1S/C18H17ClN4O4S/c1-11-12(2)22-27-17(11)23-28(25,26)16-9-7-15(8-10-16)21-18(24)20-14-5-3-13(19)4-6-14/h3-10,23H,1-2H3,(H2,20,21,24). The number of benzene rings is 2. The van der Waals surface area contributed by atoms with E-state index in [0.29, 0.717) is 27.7 Å². The van der Waals surface area contributed by atoms with Gasteiger partial charge in [0.2, 0.25) is 5.88 Å². The Labute approximate surface area is 166 Å². The summed E-state index contributed by atoms with van der Waals surface area (Å²) in [5, 5.41) is 9.54. The van der Waals surface area contributed by atoms with Crippen molar-refractivity contribution in [3.63, 3.8) is 0 Å². The maximum absolute atomic E-state index is 12.5. The quantitative estimate of drug-likeness (QED) is 0.566. The second-order valence-corrected chi connectivity index (χ2v) is 8.06. The van der Waals surface area contributed by atoms with Gasteiger partial charge in [-0.15, -0.1) is 0 Å². The summed E-state index contributed by atoms with van der Waals surface area (Å²) in [7, 11) is -3.84. The number of rotatable bonds is 5. The van der Waals surface area contributed by atoms with Crippen molar-refractivity contribution >= 4 is 44.9 Å². The first-order chi connectivity index (χ1) is 13.2. The molecule has 0 bridgehead atoms. The number of sulfonamides is 1. The van der Waals surface area contributed by atoms with Gasteiger partial charge >= 0.3 is 6.03 Å². The highest BCUT2D eigenvalue weighted by Gasteiger charge is 2.19. The lowest BCUT2D eigenvalue weighted by Crippen LogP contribution is -2.19. The number of nitrogens with one attached hydrogen (secondary N) is 3. The molecule has 0 spiro atoms. The van der Waals surface area contributed by atoms with Crippen molar-refractivity contribution in [3.8, 4) is 0 Å². The van der Waals surface area contributed by atoms with E-state index in [4.69, 9.17) is 16.1 Å². The van der Waals surface area contributed by atoms with E-state index in [0.717, 1.165) is 0 Å². The molecule has 0 radical (unpaired) electrons. The van der Waals surface area contributed by atoms with Gasteiger partial charge in [-0.1, -0.05) is 16.8 Å². The van der Waals surface area contributed by atoms with Gasteiger partial charge in [0.1, 0.15) is 0 Å². The number of amides is 2. The Morgan fingerprint density at radius 3 is 2.00 bits per heavy atom. The Morgan fingerprint density at radius 1 is 0.964 bits per heavy atom. The molecule has 2 aromatic carbocycles. The highest BCUT2D eigenvalue weighted by Crippen LogP contribution is 2.22. The normalized spacial score (nSPS) is 11.1. The number of nitrogens with zero attached hydrogens (tertiary/aromatic N) is 1. The van der Waals surface area contributed by atoms with E-state index in [-0.39, 0.29) is 10.8 Å². The number of aromatic nitrogens is 1. The van der Waals surface area contributed by atoms with Crippen LogP contribution in [0.4, 0.5) is 22.1 Å². The largest absolute Gasteiger partial charge is 0.337 e. The summed E-state index contributed by atoms with van der Waals surface area (Å²) < 4.78 is 32.2. The minimum atomic E-state index is -3.84. The van der Waals surface area contributed by atoms with Gasteiger partial charge in [-0.25, -0.2) is 17.9 Å². The first-order valence-corrected chi connectivity index (χ1v) is 10.00. The van der Waals surface area contributed by atoms with Crippen LogP contribution in [0.1, 0.15) is 11.3 Å². The maximum Gasteiger partial charge on any atom is 0.323 e. The number of carbonyl (C=O) groups excluding carboxylic acids is 1. The lowest BCUT2D eigenvalue weighted by molar-refractivity contribution is 0.262. The summed E-state index contributed by atoms with van der Waals surface area (Å²) in [5.41, 5.74) is 2.21. The minimum Gasteiger partial charge on any atom is -0.337 e. The van der Waals surface area contributed by atoms with E-state index in [1.807, 2.05) is 0 Å². The number of aryl methyl sites for hydroxylation is 1. The van der Waals surface area contributed by atoms with Crippen LogP contribution >= 0.6 is 11.6 Å². The highest BCUT2D eigenvalue weighted by atomic mass is 35.5. The van der Waals surface area contributed by atoms with Gasteiger partial charge in [0.25, 0.3) is 10.0 Å². The molecule has 0 unspecified atom stereocenters. The third-order valence-corrected chi connectivity index (χ3v) is 5.51. The van der Waals surface area contributed by atoms with E-state index < -0.39 is 16.1 Å². The van der Waals surface area contributed by atoms with Crippen LogP contribution in [0.3, 0.4) is 0 Å². The highest BCUT2D eigenvalue weighted by molar-refractivity contribution is 7.92. The van der Waals surface area contributed by atoms with Gasteiger partial charge in [-0.05, 0) is 62.4 Å². The van der Waals surface area contributed by atoms with Crippen molar-refractivity contribution in [1.82, 2.24) is 5.16 Å². The van der Waals surface area contributed by atoms with E-state index in [2.05, 4.69) is 20.5 Å². The van der Waals surface area contributed by atoms with Crippen LogP contribution in [0.25, 0.3) is 0 Å². The molecule has 8 nitrogen and oxygen atoms in total. The predicted molar refractivity (Wildman–Crippen MR) is 107 cm³/mol. The van der Waals surface area contributed by atoms with Crippen LogP contribution < -0.4 is 15.4 Å². The molecule has 0 fully saturated rings. The molecule has 0 aliphatic heterocycles. The number of urea groups is 1. The Balaban J connectivity index is 1.66. The molecule has 0 saturated carbocycles. The van der Waals surface area contributed by atoms with Gasteiger partial charge in [0.05, 0.1) is 10.6 Å². The summed E-state index contributed by atoms with van der Waals surface area (Å²) in [6, 6.07) is 11.9. The summed E-state index contributed by atoms with van der Waals surface area (Å²) in [5.74, 6) is 0.0713. The second-order valence-electron chi connectivity index (χ2n) is 5.94. The van der Waals surface area contributed by atoms with Crippen molar-refractivity contribution in [1.29, 1.82) is 0 Å². The third kappa shape index (κ3) is 4.62. The van der Waals surface area contributed by atoms with Crippen molar-refractivity contribution in [2.45, 2.75) is 18.7 Å². The molecule has 3 N–H and O–H groups in total. The summed E-state index contributed by atoms with van der Waals surface area (Å²) >= 11 is 5.80. The lowest BCUT2D eigenvalue weighted by Gasteiger charge is -2.09. The molecule has 3 aromatic rings. The molecular formula is C18H17ClN4O4S. The summed E-state index contributed by atoms with van der Waals surface area (Å²) in [6.45, 7) is 3.42. The Hall–Kier alpha value is -3.04. The van der Waals surface area contributed by atoms with Gasteiger partial charge in [-0.2, -0.15) is 0 Å². The van der Waals surface area contributed by atoms with Gasteiger partial charge in [0.15, 0.2) is 0 Å². The van der Waals surface area contributed by atoms with Crippen molar-refractivity contribution in [2.24, 2.45) is 0 Å². The zero-order chi connectivity index (χ0) is 20.3. The fourth-order valence-corrected chi connectivity index (χ4v) is 3.41. The zero-order valence-electron chi connectivity index (χ0n) is 15.0.